The van der Waals surface area contributed by atoms with E-state index in [9.17, 15) is 4.79 Å². The van der Waals surface area contributed by atoms with Crippen LogP contribution in [-0.2, 0) is 0 Å². The lowest BCUT2D eigenvalue weighted by atomic mass is 10.0. The Morgan fingerprint density at radius 2 is 2.20 bits per heavy atom. The van der Waals surface area contributed by atoms with Gasteiger partial charge in [0.15, 0.2) is 5.58 Å². The van der Waals surface area contributed by atoms with Gasteiger partial charge in [-0.1, -0.05) is 13.0 Å². The minimum absolute atomic E-state index is 0.0559. The molecule has 1 unspecified atom stereocenters. The Bertz CT molecular complexity index is 782. The van der Waals surface area contributed by atoms with Gasteiger partial charge in [0.1, 0.15) is 5.76 Å². The maximum atomic E-state index is 11.2. The first kappa shape index (κ1) is 12.7. The van der Waals surface area contributed by atoms with Crippen molar-refractivity contribution in [2.75, 3.05) is 6.54 Å². The first-order valence-corrected chi connectivity index (χ1v) is 6.59. The smallest absolute Gasteiger partial charge is 0.417 e. The average molecular weight is 272 g/mol. The van der Waals surface area contributed by atoms with Gasteiger partial charge >= 0.3 is 5.76 Å². The zero-order valence-electron chi connectivity index (χ0n) is 11.4. The van der Waals surface area contributed by atoms with Gasteiger partial charge in [0, 0.05) is 0 Å². The third-order valence-electron chi connectivity index (χ3n) is 3.35. The zero-order chi connectivity index (χ0) is 14.1. The van der Waals surface area contributed by atoms with Crippen LogP contribution in [-0.4, -0.2) is 11.5 Å². The van der Waals surface area contributed by atoms with Crippen LogP contribution in [0, 0.1) is 6.92 Å². The Morgan fingerprint density at radius 3 is 2.90 bits per heavy atom. The van der Waals surface area contributed by atoms with Crippen LogP contribution < -0.4 is 11.1 Å². The van der Waals surface area contributed by atoms with E-state index in [2.05, 4.69) is 10.3 Å². The molecule has 0 aliphatic heterocycles. The Kier molecular flexibility index (Phi) is 3.20. The van der Waals surface area contributed by atoms with Gasteiger partial charge in [-0.3, -0.25) is 4.98 Å². The molecule has 0 fully saturated rings. The number of benzene rings is 1. The molecule has 0 aliphatic carbocycles. The molecule has 1 atom stereocenters. The van der Waals surface area contributed by atoms with Gasteiger partial charge in [-0.25, -0.2) is 4.79 Å². The molecule has 1 aromatic carbocycles. The van der Waals surface area contributed by atoms with Gasteiger partial charge < -0.3 is 14.2 Å². The highest BCUT2D eigenvalue weighted by Crippen LogP contribution is 2.27. The van der Waals surface area contributed by atoms with Crippen LogP contribution >= 0.6 is 0 Å². The molecule has 2 heterocycles. The Morgan fingerprint density at radius 1 is 1.35 bits per heavy atom. The standard InChI is InChI=1S/C15H16N2O3/c1-3-16-13(14-9(2)6-7-19-14)10-4-5-11-12(8-10)20-15(18)17-11/h4-8,13,16H,3H2,1-2H3,(H,17,18). The highest BCUT2D eigenvalue weighted by atomic mass is 16.4. The second-order valence-corrected chi connectivity index (χ2v) is 4.73. The third kappa shape index (κ3) is 2.16. The van der Waals surface area contributed by atoms with E-state index in [1.165, 1.54) is 0 Å². The topological polar surface area (TPSA) is 71.2 Å². The molecule has 3 aromatic rings. The molecule has 5 heteroatoms. The number of aryl methyl sites for hydroxylation is 1. The van der Waals surface area contributed by atoms with Crippen LogP contribution in [0.5, 0.6) is 0 Å². The fourth-order valence-corrected chi connectivity index (χ4v) is 2.39. The van der Waals surface area contributed by atoms with Crippen molar-refractivity contribution in [3.8, 4) is 0 Å². The van der Waals surface area contributed by atoms with E-state index < -0.39 is 5.76 Å². The molecule has 104 valence electrons. The summed E-state index contributed by atoms with van der Waals surface area (Å²) in [7, 11) is 0. The normalized spacial score (nSPS) is 12.9. The van der Waals surface area contributed by atoms with Crippen molar-refractivity contribution in [3.05, 3.63) is 58.0 Å². The van der Waals surface area contributed by atoms with E-state index in [1.807, 2.05) is 38.1 Å². The predicted molar refractivity (Wildman–Crippen MR) is 75.8 cm³/mol. The zero-order valence-corrected chi connectivity index (χ0v) is 11.4. The lowest BCUT2D eigenvalue weighted by Gasteiger charge is -2.17. The second-order valence-electron chi connectivity index (χ2n) is 4.73. The molecule has 2 aromatic heterocycles. The molecule has 0 aliphatic rings. The van der Waals surface area contributed by atoms with Gasteiger partial charge in [0.2, 0.25) is 0 Å². The quantitative estimate of drug-likeness (QED) is 0.766. The molecular weight excluding hydrogens is 256 g/mol. The first-order valence-electron chi connectivity index (χ1n) is 6.59. The van der Waals surface area contributed by atoms with Crippen LogP contribution in [0.1, 0.15) is 29.9 Å². The SMILES string of the molecule is CCNC(c1ccc2[nH]c(=O)oc2c1)c1occc1C. The van der Waals surface area contributed by atoms with Crippen molar-refractivity contribution < 1.29 is 8.83 Å². The molecule has 0 saturated heterocycles. The van der Waals surface area contributed by atoms with E-state index in [0.29, 0.717) is 11.1 Å². The number of furan rings is 1. The van der Waals surface area contributed by atoms with E-state index in [-0.39, 0.29) is 6.04 Å². The molecule has 0 saturated carbocycles. The summed E-state index contributed by atoms with van der Waals surface area (Å²) in [6, 6.07) is 7.55. The van der Waals surface area contributed by atoms with Crippen LogP contribution in [0.15, 0.2) is 44.2 Å². The van der Waals surface area contributed by atoms with Gasteiger partial charge in [-0.05, 0) is 42.8 Å². The summed E-state index contributed by atoms with van der Waals surface area (Å²) < 4.78 is 10.7. The van der Waals surface area contributed by atoms with E-state index >= 15 is 0 Å². The highest BCUT2D eigenvalue weighted by molar-refractivity contribution is 5.73. The van der Waals surface area contributed by atoms with E-state index in [1.54, 1.807) is 6.26 Å². The van der Waals surface area contributed by atoms with Gasteiger partial charge in [0.05, 0.1) is 17.8 Å². The lowest BCUT2D eigenvalue weighted by Crippen LogP contribution is -2.22. The van der Waals surface area contributed by atoms with Crippen LogP contribution in [0.25, 0.3) is 11.1 Å². The number of aromatic amines is 1. The molecule has 3 rings (SSSR count). The van der Waals surface area contributed by atoms with Gasteiger partial charge in [-0.2, -0.15) is 0 Å². The third-order valence-corrected chi connectivity index (χ3v) is 3.35. The number of oxazole rings is 1. The van der Waals surface area contributed by atoms with Crippen molar-refractivity contribution in [1.29, 1.82) is 0 Å². The molecular formula is C15H16N2O3. The van der Waals surface area contributed by atoms with E-state index in [0.717, 1.165) is 23.4 Å². The van der Waals surface area contributed by atoms with Crippen molar-refractivity contribution in [3.63, 3.8) is 0 Å². The van der Waals surface area contributed by atoms with Crippen LogP contribution in [0.3, 0.4) is 0 Å². The Hall–Kier alpha value is -2.27. The summed E-state index contributed by atoms with van der Waals surface area (Å²) in [5.41, 5.74) is 3.34. The lowest BCUT2D eigenvalue weighted by molar-refractivity contribution is 0.449. The van der Waals surface area contributed by atoms with Crippen LogP contribution in [0.2, 0.25) is 0 Å². The summed E-state index contributed by atoms with van der Waals surface area (Å²) in [4.78, 5) is 13.9. The first-order chi connectivity index (χ1) is 9.69. The minimum Gasteiger partial charge on any atom is -0.467 e. The number of rotatable bonds is 4. The predicted octanol–water partition coefficient (Wildman–Crippen LogP) is 2.72. The number of hydrogen-bond acceptors (Lipinski definition) is 4. The number of nitrogens with one attached hydrogen (secondary N) is 2. The summed E-state index contributed by atoms with van der Waals surface area (Å²) in [6.45, 7) is 4.86. The summed E-state index contributed by atoms with van der Waals surface area (Å²) >= 11 is 0. The number of hydrogen-bond donors (Lipinski definition) is 2. The second kappa shape index (κ2) is 5.02. The minimum atomic E-state index is -0.439. The van der Waals surface area contributed by atoms with E-state index in [4.69, 9.17) is 8.83 Å². The molecule has 0 radical (unpaired) electrons. The Balaban J connectivity index is 2.09. The fraction of sp³-hybridized carbons (Fsp3) is 0.267. The van der Waals surface area contributed by atoms with Crippen LogP contribution in [0.4, 0.5) is 0 Å². The largest absolute Gasteiger partial charge is 0.467 e. The van der Waals surface area contributed by atoms with Gasteiger partial charge in [0.25, 0.3) is 0 Å². The van der Waals surface area contributed by atoms with Crippen molar-refractivity contribution >= 4 is 11.1 Å². The highest BCUT2D eigenvalue weighted by Gasteiger charge is 2.19. The summed E-state index contributed by atoms with van der Waals surface area (Å²) in [5.74, 6) is 0.440. The summed E-state index contributed by atoms with van der Waals surface area (Å²) in [5, 5.41) is 3.39. The number of aromatic nitrogens is 1. The molecule has 5 nitrogen and oxygen atoms in total. The van der Waals surface area contributed by atoms with Crippen molar-refractivity contribution in [2.24, 2.45) is 0 Å². The van der Waals surface area contributed by atoms with Crippen molar-refractivity contribution in [2.45, 2.75) is 19.9 Å². The maximum absolute atomic E-state index is 11.2. The van der Waals surface area contributed by atoms with Gasteiger partial charge in [-0.15, -0.1) is 0 Å². The van der Waals surface area contributed by atoms with Crippen molar-refractivity contribution in [1.82, 2.24) is 10.3 Å². The average Bonchev–Trinajstić information content (AvgIpc) is 3.00. The molecule has 0 amide bonds. The summed E-state index contributed by atoms with van der Waals surface area (Å²) in [6.07, 6.45) is 1.68. The Labute approximate surface area is 115 Å². The monoisotopic (exact) mass is 272 g/mol. The maximum Gasteiger partial charge on any atom is 0.417 e. The number of fused-ring (bicyclic) bond motifs is 1. The molecule has 0 spiro atoms. The fourth-order valence-electron chi connectivity index (χ4n) is 2.39. The molecule has 20 heavy (non-hydrogen) atoms. The number of H-pyrrole nitrogens is 1. The molecule has 0 bridgehead atoms. The molecule has 2 N–H and O–H groups in total.